The molecule has 0 aromatic heterocycles. The van der Waals surface area contributed by atoms with E-state index in [0.717, 1.165) is 11.9 Å². The number of methoxy groups -OCH3 is 1. The third-order valence-electron chi connectivity index (χ3n) is 1.55. The van der Waals surface area contributed by atoms with Crippen molar-refractivity contribution in [1.82, 2.24) is 0 Å². The topological polar surface area (TPSA) is 18.5 Å². The van der Waals surface area contributed by atoms with Crippen molar-refractivity contribution in [1.29, 1.82) is 0 Å². The lowest BCUT2D eigenvalue weighted by Crippen LogP contribution is -2.14. The van der Waals surface area contributed by atoms with Crippen LogP contribution < -0.4 is 0 Å². The molecule has 2 aliphatic heterocycles. The minimum absolute atomic E-state index is 0.102. The van der Waals surface area contributed by atoms with E-state index in [9.17, 15) is 0 Å². The molecule has 0 saturated carbocycles. The lowest BCUT2D eigenvalue weighted by molar-refractivity contribution is -0.0859. The van der Waals surface area contributed by atoms with Crippen LogP contribution in [0.15, 0.2) is 0 Å². The van der Waals surface area contributed by atoms with Crippen molar-refractivity contribution < 1.29 is 9.47 Å². The van der Waals surface area contributed by atoms with Crippen LogP contribution in [-0.2, 0) is 9.47 Å². The van der Waals surface area contributed by atoms with Crippen LogP contribution in [0.5, 0.6) is 0 Å². The number of hydrogen-bond acceptors (Lipinski definition) is 3. The number of fused-ring (bicyclic) bond motifs is 1. The largest absolute Gasteiger partial charge is 0.355 e. The molecule has 2 rings (SSSR count). The highest BCUT2D eigenvalue weighted by molar-refractivity contribution is 8.07. The van der Waals surface area contributed by atoms with E-state index in [0.29, 0.717) is 5.25 Å². The zero-order chi connectivity index (χ0) is 5.56. The quantitative estimate of drug-likeness (QED) is 0.483. The fourth-order valence-electron chi connectivity index (χ4n) is 1.02. The summed E-state index contributed by atoms with van der Waals surface area (Å²) >= 11 is 1.96. The summed E-state index contributed by atoms with van der Waals surface area (Å²) in [7, 11) is 1.70. The van der Waals surface area contributed by atoms with E-state index in [2.05, 4.69) is 0 Å². The Morgan fingerprint density at radius 3 is 2.88 bits per heavy atom. The Morgan fingerprint density at radius 1 is 1.75 bits per heavy atom. The third-order valence-corrected chi connectivity index (χ3v) is 2.88. The van der Waals surface area contributed by atoms with Gasteiger partial charge in [0.1, 0.15) is 0 Å². The zero-order valence-electron chi connectivity index (χ0n) is 4.66. The van der Waals surface area contributed by atoms with Crippen LogP contribution in [0.3, 0.4) is 0 Å². The first-order chi connectivity index (χ1) is 3.92. The van der Waals surface area contributed by atoms with E-state index in [1.54, 1.807) is 7.11 Å². The Kier molecular flexibility index (Phi) is 1.03. The molecule has 0 aliphatic carbocycles. The minimum atomic E-state index is 0.102. The molecule has 2 aliphatic rings. The standard InChI is InChI=1S/C5H8O2S/c1-6-5-4-3(8-4)2-7-5/h3-5H,2H2,1H3/t3-,4-,5+/m0/s1. The summed E-state index contributed by atoms with van der Waals surface area (Å²) in [6.07, 6.45) is 0.102. The number of ether oxygens (including phenoxy) is 2. The lowest BCUT2D eigenvalue weighted by Gasteiger charge is -2.07. The van der Waals surface area contributed by atoms with Gasteiger partial charge in [-0.2, -0.15) is 0 Å². The van der Waals surface area contributed by atoms with Crippen molar-refractivity contribution in [3.63, 3.8) is 0 Å². The maximum atomic E-state index is 5.22. The first kappa shape index (κ1) is 5.09. The molecule has 0 N–H and O–H groups in total. The summed E-state index contributed by atoms with van der Waals surface area (Å²) in [5.74, 6) is 0. The van der Waals surface area contributed by atoms with Gasteiger partial charge in [-0.05, 0) is 0 Å². The number of hydrogen-bond donors (Lipinski definition) is 0. The third kappa shape index (κ3) is 0.584. The fourth-order valence-corrected chi connectivity index (χ4v) is 2.01. The van der Waals surface area contributed by atoms with Crippen LogP contribution in [0, 0.1) is 0 Å². The molecule has 2 fully saturated rings. The minimum Gasteiger partial charge on any atom is -0.355 e. The maximum Gasteiger partial charge on any atom is 0.170 e. The Hall–Kier alpha value is 0.270. The lowest BCUT2D eigenvalue weighted by atomic mass is 10.4. The average molecular weight is 132 g/mol. The second kappa shape index (κ2) is 1.62. The zero-order valence-corrected chi connectivity index (χ0v) is 5.48. The number of rotatable bonds is 1. The van der Waals surface area contributed by atoms with Gasteiger partial charge in [0, 0.05) is 12.4 Å². The van der Waals surface area contributed by atoms with Crippen LogP contribution in [0.25, 0.3) is 0 Å². The highest BCUT2D eigenvalue weighted by Gasteiger charge is 2.51. The fraction of sp³-hybridized carbons (Fsp3) is 1.00. The molecule has 2 saturated heterocycles. The van der Waals surface area contributed by atoms with Gasteiger partial charge in [-0.3, -0.25) is 0 Å². The molecule has 0 radical (unpaired) electrons. The van der Waals surface area contributed by atoms with Crippen molar-refractivity contribution in [3.05, 3.63) is 0 Å². The summed E-state index contributed by atoms with van der Waals surface area (Å²) in [5, 5.41) is 1.43. The smallest absolute Gasteiger partial charge is 0.170 e. The Labute approximate surface area is 52.5 Å². The Balaban J connectivity index is 1.97. The second-order valence-corrected chi connectivity index (χ2v) is 3.50. The molecule has 0 aromatic carbocycles. The highest BCUT2D eigenvalue weighted by Crippen LogP contribution is 2.49. The van der Waals surface area contributed by atoms with E-state index in [-0.39, 0.29) is 6.29 Å². The van der Waals surface area contributed by atoms with Crippen molar-refractivity contribution >= 4 is 11.8 Å². The van der Waals surface area contributed by atoms with Crippen LogP contribution in [0.1, 0.15) is 0 Å². The molecule has 0 unspecified atom stereocenters. The highest BCUT2D eigenvalue weighted by atomic mass is 32.2. The van der Waals surface area contributed by atoms with E-state index < -0.39 is 0 Å². The van der Waals surface area contributed by atoms with Gasteiger partial charge in [0.25, 0.3) is 0 Å². The van der Waals surface area contributed by atoms with Gasteiger partial charge < -0.3 is 9.47 Å². The van der Waals surface area contributed by atoms with Crippen molar-refractivity contribution in [3.8, 4) is 0 Å². The molecule has 0 spiro atoms. The molecular weight excluding hydrogens is 124 g/mol. The van der Waals surface area contributed by atoms with E-state index in [1.807, 2.05) is 11.8 Å². The summed E-state index contributed by atoms with van der Waals surface area (Å²) in [5.41, 5.74) is 0. The van der Waals surface area contributed by atoms with Crippen molar-refractivity contribution in [2.24, 2.45) is 0 Å². The maximum absolute atomic E-state index is 5.22. The summed E-state index contributed by atoms with van der Waals surface area (Å²) in [4.78, 5) is 0. The van der Waals surface area contributed by atoms with Crippen LogP contribution in [-0.4, -0.2) is 30.5 Å². The van der Waals surface area contributed by atoms with Crippen LogP contribution >= 0.6 is 11.8 Å². The van der Waals surface area contributed by atoms with Crippen molar-refractivity contribution in [2.75, 3.05) is 13.7 Å². The molecule has 2 heterocycles. The van der Waals surface area contributed by atoms with Gasteiger partial charge in [-0.15, -0.1) is 11.8 Å². The van der Waals surface area contributed by atoms with Gasteiger partial charge in [0.15, 0.2) is 6.29 Å². The molecule has 8 heavy (non-hydrogen) atoms. The molecular formula is C5H8O2S. The molecule has 46 valence electrons. The average Bonchev–Trinajstić information content (AvgIpc) is 2.46. The molecule has 2 nitrogen and oxygen atoms in total. The molecule has 0 aromatic rings. The van der Waals surface area contributed by atoms with E-state index in [4.69, 9.17) is 9.47 Å². The van der Waals surface area contributed by atoms with E-state index >= 15 is 0 Å². The first-order valence-corrected chi connectivity index (χ1v) is 3.66. The normalized spacial score (nSPS) is 51.4. The first-order valence-electron chi connectivity index (χ1n) is 2.71. The molecule has 0 bridgehead atoms. The van der Waals surface area contributed by atoms with Crippen molar-refractivity contribution in [2.45, 2.75) is 16.8 Å². The Morgan fingerprint density at radius 2 is 2.62 bits per heavy atom. The van der Waals surface area contributed by atoms with Gasteiger partial charge in [-0.1, -0.05) is 0 Å². The predicted octanol–water partition coefficient (Wildman–Crippen LogP) is 0.473. The van der Waals surface area contributed by atoms with Gasteiger partial charge in [0.2, 0.25) is 0 Å². The van der Waals surface area contributed by atoms with E-state index in [1.165, 1.54) is 0 Å². The number of thioether (sulfide) groups is 1. The summed E-state index contributed by atoms with van der Waals surface area (Å²) < 4.78 is 10.2. The summed E-state index contributed by atoms with van der Waals surface area (Å²) in [6.45, 7) is 0.897. The Bertz CT molecular complexity index is 107. The molecule has 3 atom stereocenters. The SMILES string of the molecule is CO[C@@H]1OC[C@@H]2S[C@H]12. The molecule has 3 heteroatoms. The predicted molar refractivity (Wildman–Crippen MR) is 31.9 cm³/mol. The van der Waals surface area contributed by atoms with Crippen LogP contribution in [0.4, 0.5) is 0 Å². The monoisotopic (exact) mass is 132 g/mol. The van der Waals surface area contributed by atoms with Crippen LogP contribution in [0.2, 0.25) is 0 Å². The molecule has 0 amide bonds. The van der Waals surface area contributed by atoms with Gasteiger partial charge in [0.05, 0.1) is 11.9 Å². The summed E-state index contributed by atoms with van der Waals surface area (Å²) in [6, 6.07) is 0. The van der Waals surface area contributed by atoms with Gasteiger partial charge >= 0.3 is 0 Å². The second-order valence-electron chi connectivity index (χ2n) is 2.08. The van der Waals surface area contributed by atoms with Gasteiger partial charge in [-0.25, -0.2) is 0 Å².